The summed E-state index contributed by atoms with van der Waals surface area (Å²) >= 11 is 0. The van der Waals surface area contributed by atoms with Gasteiger partial charge in [0, 0.05) is 12.6 Å². The molecule has 0 saturated carbocycles. The first-order chi connectivity index (χ1) is 8.63. The highest BCUT2D eigenvalue weighted by atomic mass is 19.1. The van der Waals surface area contributed by atoms with Gasteiger partial charge in [0.05, 0.1) is 17.5 Å². The van der Waals surface area contributed by atoms with E-state index in [0.29, 0.717) is 30.1 Å². The molecule has 3 rings (SSSR count). The van der Waals surface area contributed by atoms with Crippen LogP contribution >= 0.6 is 0 Å². The maximum Gasteiger partial charge on any atom is 0.298 e. The van der Waals surface area contributed by atoms with E-state index >= 15 is 0 Å². The molecule has 0 bridgehead atoms. The number of nitrogens with zero attached hydrogens (tertiary/aromatic N) is 3. The number of nitro benzene ring substituents is 1. The first-order valence-corrected chi connectivity index (χ1v) is 5.57. The molecule has 0 aliphatic carbocycles. The van der Waals surface area contributed by atoms with E-state index in [1.165, 1.54) is 18.2 Å². The molecule has 94 valence electrons. The predicted octanol–water partition coefficient (Wildman–Crippen LogP) is 2.28. The Morgan fingerprint density at radius 1 is 1.56 bits per heavy atom. The van der Waals surface area contributed by atoms with E-state index in [1.54, 1.807) is 4.90 Å². The molecule has 1 aliphatic heterocycles. The van der Waals surface area contributed by atoms with Gasteiger partial charge in [-0.2, -0.15) is 4.98 Å². The highest BCUT2D eigenvalue weighted by Gasteiger charge is 2.25. The average Bonchev–Trinajstić information content (AvgIpc) is 2.93. The number of aromatic nitrogens is 1. The molecule has 0 amide bonds. The zero-order valence-electron chi connectivity index (χ0n) is 9.38. The van der Waals surface area contributed by atoms with Crippen LogP contribution in [-0.2, 0) is 0 Å². The average molecular weight is 251 g/mol. The van der Waals surface area contributed by atoms with Crippen molar-refractivity contribution in [2.24, 2.45) is 0 Å². The van der Waals surface area contributed by atoms with Crippen LogP contribution < -0.4 is 4.90 Å². The summed E-state index contributed by atoms with van der Waals surface area (Å²) in [6.07, 6.45) is -0.409. The third-order valence-electron chi connectivity index (χ3n) is 2.97. The van der Waals surface area contributed by atoms with Crippen LogP contribution in [-0.4, -0.2) is 29.2 Å². The molecule has 1 aromatic heterocycles. The third-order valence-corrected chi connectivity index (χ3v) is 2.97. The number of anilines is 1. The Balaban J connectivity index is 1.98. The highest BCUT2D eigenvalue weighted by Crippen LogP contribution is 2.27. The van der Waals surface area contributed by atoms with Crippen LogP contribution in [0.2, 0.25) is 0 Å². The third kappa shape index (κ3) is 1.77. The molecule has 1 saturated heterocycles. The lowest BCUT2D eigenvalue weighted by atomic mass is 10.3. The molecule has 6 nitrogen and oxygen atoms in total. The Hall–Kier alpha value is -2.18. The Morgan fingerprint density at radius 3 is 3.06 bits per heavy atom. The SMILES string of the molecule is O=[N+]([O-])c1ccc2nc(N3CC[C@@H](F)C3)oc2c1. The second-order valence-corrected chi connectivity index (χ2v) is 4.24. The first-order valence-electron chi connectivity index (χ1n) is 5.57. The van der Waals surface area contributed by atoms with Crippen LogP contribution in [0.15, 0.2) is 22.6 Å². The molecule has 2 aromatic rings. The van der Waals surface area contributed by atoms with Crippen LogP contribution in [0.1, 0.15) is 6.42 Å². The van der Waals surface area contributed by atoms with Crippen LogP contribution in [0.25, 0.3) is 11.1 Å². The lowest BCUT2D eigenvalue weighted by Gasteiger charge is -2.10. The Labute approximate surface area is 101 Å². The molecule has 2 heterocycles. The number of benzene rings is 1. The molecule has 1 fully saturated rings. The van der Waals surface area contributed by atoms with E-state index in [4.69, 9.17) is 4.42 Å². The summed E-state index contributed by atoms with van der Waals surface area (Å²) in [5.74, 6) is 0. The number of fused-ring (bicyclic) bond motifs is 1. The van der Waals surface area contributed by atoms with Gasteiger partial charge in [-0.25, -0.2) is 4.39 Å². The normalized spacial score (nSPS) is 19.6. The molecular formula is C11H10FN3O3. The van der Waals surface area contributed by atoms with Crippen molar-refractivity contribution in [2.75, 3.05) is 18.0 Å². The van der Waals surface area contributed by atoms with Crippen molar-refractivity contribution in [1.29, 1.82) is 0 Å². The number of rotatable bonds is 2. The quantitative estimate of drug-likeness (QED) is 0.604. The maximum atomic E-state index is 13.1. The molecule has 0 spiro atoms. The standard InChI is InChI=1S/C11H10FN3O3/c12-7-3-4-14(6-7)11-13-9-2-1-8(15(16)17)5-10(9)18-11/h1-2,5,7H,3-4,6H2/t7-/m1/s1. The van der Waals surface area contributed by atoms with Crippen LogP contribution in [0.5, 0.6) is 0 Å². The van der Waals surface area contributed by atoms with Crippen molar-refractivity contribution in [2.45, 2.75) is 12.6 Å². The lowest BCUT2D eigenvalue weighted by molar-refractivity contribution is -0.384. The fourth-order valence-corrected chi connectivity index (χ4v) is 2.04. The zero-order chi connectivity index (χ0) is 12.7. The predicted molar refractivity (Wildman–Crippen MR) is 62.4 cm³/mol. The monoisotopic (exact) mass is 251 g/mol. The second-order valence-electron chi connectivity index (χ2n) is 4.24. The van der Waals surface area contributed by atoms with Crippen LogP contribution in [0.4, 0.5) is 16.1 Å². The Kier molecular flexibility index (Phi) is 2.39. The molecule has 18 heavy (non-hydrogen) atoms. The fraction of sp³-hybridized carbons (Fsp3) is 0.364. The van der Waals surface area contributed by atoms with Gasteiger partial charge < -0.3 is 9.32 Å². The lowest BCUT2D eigenvalue weighted by Crippen LogP contribution is -2.19. The summed E-state index contributed by atoms with van der Waals surface area (Å²) in [7, 11) is 0. The molecule has 1 atom stereocenters. The largest absolute Gasteiger partial charge is 0.423 e. The summed E-state index contributed by atoms with van der Waals surface area (Å²) in [4.78, 5) is 16.0. The van der Waals surface area contributed by atoms with Gasteiger partial charge in [0.15, 0.2) is 5.58 Å². The van der Waals surface area contributed by atoms with E-state index < -0.39 is 11.1 Å². The Bertz CT molecular complexity index is 613. The van der Waals surface area contributed by atoms with Gasteiger partial charge in [-0.1, -0.05) is 0 Å². The Morgan fingerprint density at radius 2 is 2.39 bits per heavy atom. The number of nitro groups is 1. The second kappa shape index (κ2) is 3.94. The molecule has 0 radical (unpaired) electrons. The van der Waals surface area contributed by atoms with Crippen molar-refractivity contribution in [3.8, 4) is 0 Å². The van der Waals surface area contributed by atoms with Crippen molar-refractivity contribution < 1.29 is 13.7 Å². The van der Waals surface area contributed by atoms with Gasteiger partial charge in [0.2, 0.25) is 0 Å². The molecular weight excluding hydrogens is 241 g/mol. The summed E-state index contributed by atoms with van der Waals surface area (Å²) < 4.78 is 18.5. The summed E-state index contributed by atoms with van der Waals surface area (Å²) in [5.41, 5.74) is 0.842. The minimum atomic E-state index is -0.866. The summed E-state index contributed by atoms with van der Waals surface area (Å²) in [6, 6.07) is 4.56. The topological polar surface area (TPSA) is 72.4 Å². The van der Waals surface area contributed by atoms with Crippen molar-refractivity contribution in [3.63, 3.8) is 0 Å². The number of halogens is 1. The van der Waals surface area contributed by atoms with E-state index in [-0.39, 0.29) is 12.2 Å². The number of non-ortho nitro benzene ring substituents is 1. The maximum absolute atomic E-state index is 13.1. The summed E-state index contributed by atoms with van der Waals surface area (Å²) in [5, 5.41) is 10.6. The molecule has 1 aliphatic rings. The van der Waals surface area contributed by atoms with E-state index in [9.17, 15) is 14.5 Å². The zero-order valence-corrected chi connectivity index (χ0v) is 9.38. The van der Waals surface area contributed by atoms with Crippen LogP contribution in [0, 0.1) is 10.1 Å². The van der Waals surface area contributed by atoms with Gasteiger partial charge >= 0.3 is 0 Å². The van der Waals surface area contributed by atoms with Gasteiger partial charge in [-0.15, -0.1) is 0 Å². The summed E-state index contributed by atoms with van der Waals surface area (Å²) in [6.45, 7) is 0.811. The van der Waals surface area contributed by atoms with Gasteiger partial charge in [0.25, 0.3) is 11.7 Å². The minimum Gasteiger partial charge on any atom is -0.423 e. The van der Waals surface area contributed by atoms with Crippen molar-refractivity contribution in [3.05, 3.63) is 28.3 Å². The number of alkyl halides is 1. The van der Waals surface area contributed by atoms with E-state index in [2.05, 4.69) is 4.98 Å². The van der Waals surface area contributed by atoms with Crippen LogP contribution in [0.3, 0.4) is 0 Å². The highest BCUT2D eigenvalue weighted by molar-refractivity contribution is 5.77. The number of hydrogen-bond acceptors (Lipinski definition) is 5. The fourth-order valence-electron chi connectivity index (χ4n) is 2.04. The van der Waals surface area contributed by atoms with E-state index in [1.807, 2.05) is 0 Å². The first kappa shape index (κ1) is 10.9. The number of oxazole rings is 1. The van der Waals surface area contributed by atoms with Gasteiger partial charge in [-0.05, 0) is 12.5 Å². The van der Waals surface area contributed by atoms with Gasteiger partial charge in [-0.3, -0.25) is 10.1 Å². The molecule has 7 heteroatoms. The molecule has 0 unspecified atom stereocenters. The number of hydrogen-bond donors (Lipinski definition) is 0. The van der Waals surface area contributed by atoms with Crippen molar-refractivity contribution >= 4 is 22.8 Å². The molecule has 1 aromatic carbocycles. The van der Waals surface area contributed by atoms with E-state index in [0.717, 1.165) is 0 Å². The smallest absolute Gasteiger partial charge is 0.298 e. The minimum absolute atomic E-state index is 0.0463. The molecule has 0 N–H and O–H groups in total. The van der Waals surface area contributed by atoms with Crippen molar-refractivity contribution in [1.82, 2.24) is 4.98 Å². The van der Waals surface area contributed by atoms with Gasteiger partial charge in [0.1, 0.15) is 11.7 Å².